The van der Waals surface area contributed by atoms with Crippen molar-refractivity contribution in [3.63, 3.8) is 0 Å². The van der Waals surface area contributed by atoms with Crippen LogP contribution in [-0.4, -0.2) is 27.8 Å². The van der Waals surface area contributed by atoms with Crippen LogP contribution in [0.15, 0.2) is 16.2 Å². The number of carboxylic acids is 1. The van der Waals surface area contributed by atoms with Gasteiger partial charge in [-0.15, -0.1) is 0 Å². The van der Waals surface area contributed by atoms with E-state index < -0.39 is 5.97 Å². The van der Waals surface area contributed by atoms with Crippen LogP contribution >= 0.6 is 0 Å². The van der Waals surface area contributed by atoms with E-state index in [1.54, 1.807) is 13.8 Å². The smallest absolute Gasteiger partial charge is 0.328 e. The molecule has 0 bridgehead atoms. The average molecular weight is 211 g/mol. The number of aliphatic carboxylic acids is 1. The molecule has 0 aromatic carbocycles. The van der Waals surface area contributed by atoms with Gasteiger partial charge in [0.1, 0.15) is 0 Å². The molecular weight excluding hydrogens is 198 g/mol. The van der Waals surface area contributed by atoms with Crippen molar-refractivity contribution in [2.75, 3.05) is 6.54 Å². The molecule has 0 aliphatic rings. The Morgan fingerprint density at radius 2 is 2.40 bits per heavy atom. The van der Waals surface area contributed by atoms with Crippen LogP contribution in [0.4, 0.5) is 0 Å². The largest absolute Gasteiger partial charge is 0.478 e. The summed E-state index contributed by atoms with van der Waals surface area (Å²) in [5, 5.41) is 15.2. The van der Waals surface area contributed by atoms with Gasteiger partial charge in [-0.25, -0.2) is 4.79 Å². The first-order chi connectivity index (χ1) is 7.08. The lowest BCUT2D eigenvalue weighted by atomic mass is 10.3. The monoisotopic (exact) mass is 211 g/mol. The molecule has 0 radical (unpaired) electrons. The maximum atomic E-state index is 10.3. The zero-order valence-electron chi connectivity index (χ0n) is 8.65. The van der Waals surface area contributed by atoms with E-state index in [1.807, 2.05) is 0 Å². The minimum Gasteiger partial charge on any atom is -0.478 e. The predicted octanol–water partition coefficient (Wildman–Crippen LogP) is 0.499. The van der Waals surface area contributed by atoms with E-state index in [0.717, 1.165) is 11.6 Å². The van der Waals surface area contributed by atoms with Crippen molar-refractivity contribution < 1.29 is 14.4 Å². The van der Waals surface area contributed by atoms with Crippen LogP contribution in [0.5, 0.6) is 0 Å². The molecule has 0 aliphatic carbocycles. The van der Waals surface area contributed by atoms with Crippen molar-refractivity contribution in [3.8, 4) is 0 Å². The highest BCUT2D eigenvalue weighted by molar-refractivity contribution is 5.80. The molecule has 0 spiro atoms. The van der Waals surface area contributed by atoms with Crippen LogP contribution in [0.25, 0.3) is 0 Å². The van der Waals surface area contributed by atoms with E-state index >= 15 is 0 Å². The number of nitrogens with zero attached hydrogens (tertiary/aromatic N) is 2. The van der Waals surface area contributed by atoms with Gasteiger partial charge >= 0.3 is 5.97 Å². The summed E-state index contributed by atoms with van der Waals surface area (Å²) in [4.78, 5) is 14.3. The van der Waals surface area contributed by atoms with Gasteiger partial charge in [-0.2, -0.15) is 4.98 Å². The second-order valence-corrected chi connectivity index (χ2v) is 3.16. The van der Waals surface area contributed by atoms with Gasteiger partial charge in [-0.3, -0.25) is 0 Å². The average Bonchev–Trinajstić information content (AvgIpc) is 2.50. The standard InChI is InChI=1S/C9H13N3O3/c1-6(3-9(13)14)4-10-5-8-11-7(2)15-12-8/h3,10H,4-5H2,1-2H3,(H,13,14). The van der Waals surface area contributed by atoms with Crippen molar-refractivity contribution >= 4 is 5.97 Å². The van der Waals surface area contributed by atoms with Crippen LogP contribution in [0.3, 0.4) is 0 Å². The first-order valence-corrected chi connectivity index (χ1v) is 4.48. The number of carboxylic acid groups (broad SMARTS) is 1. The van der Waals surface area contributed by atoms with Gasteiger partial charge in [0.25, 0.3) is 0 Å². The Hall–Kier alpha value is -1.69. The number of rotatable bonds is 5. The fourth-order valence-corrected chi connectivity index (χ4v) is 1.05. The van der Waals surface area contributed by atoms with E-state index in [9.17, 15) is 4.79 Å². The normalized spacial score (nSPS) is 11.7. The van der Waals surface area contributed by atoms with Gasteiger partial charge in [0.2, 0.25) is 5.89 Å². The van der Waals surface area contributed by atoms with E-state index in [-0.39, 0.29) is 0 Å². The Kier molecular flexibility index (Phi) is 3.99. The van der Waals surface area contributed by atoms with Crippen molar-refractivity contribution in [3.05, 3.63) is 23.4 Å². The Bertz CT molecular complexity index is 370. The van der Waals surface area contributed by atoms with Crippen LogP contribution in [0.2, 0.25) is 0 Å². The van der Waals surface area contributed by atoms with Gasteiger partial charge in [0.05, 0.1) is 6.54 Å². The Morgan fingerprint density at radius 3 is 2.93 bits per heavy atom. The molecule has 0 unspecified atom stereocenters. The fourth-order valence-electron chi connectivity index (χ4n) is 1.05. The molecule has 1 rings (SSSR count). The summed E-state index contributed by atoms with van der Waals surface area (Å²) in [5.74, 6) is 0.143. The third-order valence-electron chi connectivity index (χ3n) is 1.63. The van der Waals surface area contributed by atoms with Crippen LogP contribution in [0.1, 0.15) is 18.6 Å². The van der Waals surface area contributed by atoms with E-state index in [4.69, 9.17) is 9.63 Å². The molecule has 0 atom stereocenters. The molecule has 0 aliphatic heterocycles. The third kappa shape index (κ3) is 4.37. The molecule has 1 heterocycles. The Balaban J connectivity index is 2.30. The van der Waals surface area contributed by atoms with Crippen LogP contribution in [0, 0.1) is 6.92 Å². The maximum Gasteiger partial charge on any atom is 0.328 e. The molecule has 1 aromatic heterocycles. The molecule has 15 heavy (non-hydrogen) atoms. The number of hydrogen-bond donors (Lipinski definition) is 2. The van der Waals surface area contributed by atoms with Crippen LogP contribution in [-0.2, 0) is 11.3 Å². The molecule has 6 heteroatoms. The summed E-state index contributed by atoms with van der Waals surface area (Å²) in [5.41, 5.74) is 0.739. The molecule has 6 nitrogen and oxygen atoms in total. The number of carbonyl (C=O) groups is 1. The van der Waals surface area contributed by atoms with Crippen LogP contribution < -0.4 is 5.32 Å². The lowest BCUT2D eigenvalue weighted by Gasteiger charge is -2.00. The van der Waals surface area contributed by atoms with Gasteiger partial charge in [-0.05, 0) is 6.92 Å². The maximum absolute atomic E-state index is 10.3. The van der Waals surface area contributed by atoms with Gasteiger partial charge in [0, 0.05) is 19.5 Å². The molecule has 0 fully saturated rings. The zero-order valence-corrected chi connectivity index (χ0v) is 8.65. The Morgan fingerprint density at radius 1 is 1.67 bits per heavy atom. The second kappa shape index (κ2) is 5.26. The summed E-state index contributed by atoms with van der Waals surface area (Å²) in [6, 6.07) is 0. The van der Waals surface area contributed by atoms with Crippen molar-refractivity contribution in [2.24, 2.45) is 0 Å². The quantitative estimate of drug-likeness (QED) is 0.689. The highest BCUT2D eigenvalue weighted by Gasteiger charge is 2.01. The molecule has 82 valence electrons. The molecular formula is C9H13N3O3. The first-order valence-electron chi connectivity index (χ1n) is 4.48. The van der Waals surface area contributed by atoms with E-state index in [0.29, 0.717) is 24.8 Å². The molecule has 2 N–H and O–H groups in total. The lowest BCUT2D eigenvalue weighted by Crippen LogP contribution is -2.17. The SMILES string of the molecule is CC(=CC(=O)O)CNCc1noc(C)n1. The zero-order chi connectivity index (χ0) is 11.3. The Labute approximate surface area is 87.0 Å². The fraction of sp³-hybridized carbons (Fsp3) is 0.444. The second-order valence-electron chi connectivity index (χ2n) is 3.16. The first kappa shape index (κ1) is 11.4. The van der Waals surface area contributed by atoms with Gasteiger partial charge in [-0.1, -0.05) is 10.7 Å². The van der Waals surface area contributed by atoms with Crippen molar-refractivity contribution in [1.29, 1.82) is 0 Å². The number of hydrogen-bond acceptors (Lipinski definition) is 5. The summed E-state index contributed by atoms with van der Waals surface area (Å²) in [7, 11) is 0. The highest BCUT2D eigenvalue weighted by atomic mass is 16.5. The van der Waals surface area contributed by atoms with Crippen molar-refractivity contribution in [2.45, 2.75) is 20.4 Å². The summed E-state index contributed by atoms with van der Waals surface area (Å²) < 4.78 is 4.78. The van der Waals surface area contributed by atoms with Gasteiger partial charge < -0.3 is 14.9 Å². The summed E-state index contributed by atoms with van der Waals surface area (Å²) >= 11 is 0. The lowest BCUT2D eigenvalue weighted by molar-refractivity contribution is -0.131. The van der Waals surface area contributed by atoms with Gasteiger partial charge in [0.15, 0.2) is 5.82 Å². The summed E-state index contributed by atoms with van der Waals surface area (Å²) in [6.45, 7) is 4.40. The van der Waals surface area contributed by atoms with E-state index in [2.05, 4.69) is 15.5 Å². The number of nitrogens with one attached hydrogen (secondary N) is 1. The topological polar surface area (TPSA) is 88.2 Å². The third-order valence-corrected chi connectivity index (χ3v) is 1.63. The molecule has 0 saturated carbocycles. The van der Waals surface area contributed by atoms with E-state index in [1.165, 1.54) is 0 Å². The molecule has 1 aromatic rings. The number of aryl methyl sites for hydroxylation is 1. The minimum absolute atomic E-state index is 0.460. The highest BCUT2D eigenvalue weighted by Crippen LogP contribution is 1.95. The predicted molar refractivity (Wildman–Crippen MR) is 52.1 cm³/mol. The molecule has 0 saturated heterocycles. The number of aromatic nitrogens is 2. The minimum atomic E-state index is -0.940. The summed E-state index contributed by atoms with van der Waals surface area (Å²) in [6.07, 6.45) is 1.16. The van der Waals surface area contributed by atoms with Crippen molar-refractivity contribution in [1.82, 2.24) is 15.5 Å². The molecule has 0 amide bonds.